The lowest BCUT2D eigenvalue weighted by atomic mass is 10.1. The van der Waals surface area contributed by atoms with Crippen molar-refractivity contribution in [2.24, 2.45) is 0 Å². The van der Waals surface area contributed by atoms with Crippen LogP contribution in [0.15, 0.2) is 27.8 Å². The predicted molar refractivity (Wildman–Crippen MR) is 110 cm³/mol. The smallest absolute Gasteiger partial charge is 0.326 e. The van der Waals surface area contributed by atoms with Crippen molar-refractivity contribution in [2.75, 3.05) is 20.1 Å². The summed E-state index contributed by atoms with van der Waals surface area (Å²) in [6.07, 6.45) is 1.41. The van der Waals surface area contributed by atoms with E-state index in [9.17, 15) is 24.0 Å². The minimum absolute atomic E-state index is 0.125. The number of aromatic nitrogens is 2. The highest BCUT2D eigenvalue weighted by atomic mass is 16.2. The molecule has 3 amide bonds. The molecule has 0 bridgehead atoms. The molecule has 1 fully saturated rings. The van der Waals surface area contributed by atoms with Crippen molar-refractivity contribution in [3.05, 3.63) is 44.6 Å². The first-order valence-electron chi connectivity index (χ1n) is 9.76. The Bertz CT molecular complexity index is 1100. The number of hydrogen-bond acceptors (Lipinski definition) is 5. The van der Waals surface area contributed by atoms with Gasteiger partial charge in [0.15, 0.2) is 0 Å². The number of rotatable bonds is 5. The van der Waals surface area contributed by atoms with Crippen LogP contribution in [0.2, 0.25) is 0 Å². The van der Waals surface area contributed by atoms with Crippen LogP contribution in [0, 0.1) is 0 Å². The molecule has 0 radical (unpaired) electrons. The lowest BCUT2D eigenvalue weighted by Gasteiger charge is -2.26. The van der Waals surface area contributed by atoms with E-state index < -0.39 is 17.3 Å². The van der Waals surface area contributed by atoms with E-state index in [2.05, 4.69) is 15.3 Å². The second kappa shape index (κ2) is 8.52. The SMILES string of the molecule is CC(=O)N1CCC[C@@H]1C(=O)NC(C)CN(C)C(=O)c1ccc2[nH]c(=O)[nH]c(=O)c2c1. The van der Waals surface area contributed by atoms with Gasteiger partial charge in [-0.05, 0) is 38.0 Å². The highest BCUT2D eigenvalue weighted by Gasteiger charge is 2.33. The first-order valence-corrected chi connectivity index (χ1v) is 9.76. The van der Waals surface area contributed by atoms with E-state index in [1.54, 1.807) is 18.9 Å². The molecule has 1 aliphatic heterocycles. The lowest BCUT2D eigenvalue weighted by molar-refractivity contribution is -0.137. The number of H-pyrrole nitrogens is 2. The van der Waals surface area contributed by atoms with E-state index >= 15 is 0 Å². The fourth-order valence-corrected chi connectivity index (χ4v) is 3.81. The van der Waals surface area contributed by atoms with Gasteiger partial charge in [-0.2, -0.15) is 0 Å². The molecule has 1 aromatic carbocycles. The van der Waals surface area contributed by atoms with Crippen LogP contribution in [0.4, 0.5) is 0 Å². The number of aromatic amines is 2. The predicted octanol–water partition coefficient (Wildman–Crippen LogP) is -0.196. The summed E-state index contributed by atoms with van der Waals surface area (Å²) in [4.78, 5) is 67.9. The number of nitrogens with one attached hydrogen (secondary N) is 3. The van der Waals surface area contributed by atoms with Gasteiger partial charge in [0.2, 0.25) is 11.8 Å². The summed E-state index contributed by atoms with van der Waals surface area (Å²) in [6, 6.07) is 3.66. The molecule has 2 aromatic rings. The molecule has 3 rings (SSSR count). The summed E-state index contributed by atoms with van der Waals surface area (Å²) >= 11 is 0. The molecule has 3 N–H and O–H groups in total. The van der Waals surface area contributed by atoms with E-state index in [1.165, 1.54) is 30.0 Å². The third-order valence-electron chi connectivity index (χ3n) is 5.23. The first-order chi connectivity index (χ1) is 14.2. The molecule has 1 unspecified atom stereocenters. The van der Waals surface area contributed by atoms with Crippen LogP contribution in [0.3, 0.4) is 0 Å². The molecule has 160 valence electrons. The maximum Gasteiger partial charge on any atom is 0.326 e. The Balaban J connectivity index is 1.66. The van der Waals surface area contributed by atoms with E-state index in [1.807, 2.05) is 0 Å². The number of hydrogen-bond donors (Lipinski definition) is 3. The number of carbonyl (C=O) groups is 3. The molecule has 2 atom stereocenters. The number of carbonyl (C=O) groups excluding carboxylic acids is 3. The van der Waals surface area contributed by atoms with Crippen LogP contribution in [0.25, 0.3) is 10.9 Å². The molecule has 10 nitrogen and oxygen atoms in total. The number of likely N-dealkylation sites (N-methyl/N-ethyl adjacent to an activating group) is 1. The van der Waals surface area contributed by atoms with E-state index in [0.717, 1.165) is 6.42 Å². The van der Waals surface area contributed by atoms with Crippen LogP contribution < -0.4 is 16.6 Å². The summed E-state index contributed by atoms with van der Waals surface area (Å²) in [5.41, 5.74) is -0.549. The normalized spacial score (nSPS) is 17.0. The van der Waals surface area contributed by atoms with Crippen LogP contribution in [-0.4, -0.2) is 69.7 Å². The highest BCUT2D eigenvalue weighted by Crippen LogP contribution is 2.17. The number of likely N-dealkylation sites (tertiary alicyclic amines) is 1. The second-order valence-electron chi connectivity index (χ2n) is 7.63. The molecule has 1 aliphatic rings. The van der Waals surface area contributed by atoms with Crippen LogP contribution in [0.5, 0.6) is 0 Å². The Labute approximate surface area is 172 Å². The zero-order valence-corrected chi connectivity index (χ0v) is 17.2. The molecule has 2 heterocycles. The first kappa shape index (κ1) is 21.3. The highest BCUT2D eigenvalue weighted by molar-refractivity contribution is 5.97. The van der Waals surface area contributed by atoms with Crippen molar-refractivity contribution in [3.8, 4) is 0 Å². The van der Waals surface area contributed by atoms with Gasteiger partial charge >= 0.3 is 5.69 Å². The molecular formula is C20H25N5O5. The quantitative estimate of drug-likeness (QED) is 0.622. The van der Waals surface area contributed by atoms with Gasteiger partial charge < -0.3 is 20.1 Å². The van der Waals surface area contributed by atoms with Crippen molar-refractivity contribution in [1.82, 2.24) is 25.1 Å². The molecule has 1 saturated heterocycles. The Kier molecular flexibility index (Phi) is 6.04. The Morgan fingerprint density at radius 3 is 2.70 bits per heavy atom. The van der Waals surface area contributed by atoms with Crippen LogP contribution in [0.1, 0.15) is 37.0 Å². The van der Waals surface area contributed by atoms with E-state index in [0.29, 0.717) is 24.0 Å². The van der Waals surface area contributed by atoms with Gasteiger partial charge in [0, 0.05) is 38.7 Å². The average Bonchev–Trinajstić information content (AvgIpc) is 3.17. The average molecular weight is 415 g/mol. The van der Waals surface area contributed by atoms with Crippen molar-refractivity contribution in [3.63, 3.8) is 0 Å². The standard InChI is InChI=1S/C20H25N5O5/c1-11(21-18(28)16-5-4-8-25(16)12(2)26)10-24(3)19(29)13-6-7-15-14(9-13)17(27)23-20(30)22-15/h6-7,9,11,16H,4-5,8,10H2,1-3H3,(H,21,28)(H2,22,23,27,30)/t11?,16-/m1/s1. The summed E-state index contributed by atoms with van der Waals surface area (Å²) in [5.74, 6) is -0.674. The van der Waals surface area contributed by atoms with Gasteiger partial charge in [-0.15, -0.1) is 0 Å². The van der Waals surface area contributed by atoms with Gasteiger partial charge in [-0.25, -0.2) is 4.79 Å². The zero-order valence-electron chi connectivity index (χ0n) is 17.2. The van der Waals surface area contributed by atoms with Crippen molar-refractivity contribution in [1.29, 1.82) is 0 Å². The van der Waals surface area contributed by atoms with Crippen LogP contribution in [-0.2, 0) is 9.59 Å². The van der Waals surface area contributed by atoms with Crippen molar-refractivity contribution < 1.29 is 14.4 Å². The molecule has 1 aromatic heterocycles. The van der Waals surface area contributed by atoms with Crippen molar-refractivity contribution in [2.45, 2.75) is 38.8 Å². The third kappa shape index (κ3) is 4.42. The minimum Gasteiger partial charge on any atom is -0.350 e. The Hall–Kier alpha value is -3.43. The number of fused-ring (bicyclic) bond motifs is 1. The van der Waals surface area contributed by atoms with E-state index in [4.69, 9.17) is 0 Å². The molecule has 30 heavy (non-hydrogen) atoms. The van der Waals surface area contributed by atoms with Gasteiger partial charge in [-0.1, -0.05) is 0 Å². The van der Waals surface area contributed by atoms with Gasteiger partial charge in [-0.3, -0.25) is 24.2 Å². The Morgan fingerprint density at radius 1 is 1.27 bits per heavy atom. The minimum atomic E-state index is -0.612. The zero-order chi connectivity index (χ0) is 22.0. The van der Waals surface area contributed by atoms with Gasteiger partial charge in [0.1, 0.15) is 6.04 Å². The summed E-state index contributed by atoms with van der Waals surface area (Å²) < 4.78 is 0. The summed E-state index contributed by atoms with van der Waals surface area (Å²) in [6.45, 7) is 4.06. The molecule has 0 saturated carbocycles. The Morgan fingerprint density at radius 2 is 2.00 bits per heavy atom. The number of benzene rings is 1. The lowest BCUT2D eigenvalue weighted by Crippen LogP contribution is -2.50. The number of amides is 3. The van der Waals surface area contributed by atoms with Gasteiger partial charge in [0.05, 0.1) is 10.9 Å². The van der Waals surface area contributed by atoms with Gasteiger partial charge in [0.25, 0.3) is 11.5 Å². The monoisotopic (exact) mass is 415 g/mol. The molecule has 0 aliphatic carbocycles. The molecular weight excluding hydrogens is 390 g/mol. The molecule has 10 heteroatoms. The molecule has 0 spiro atoms. The summed E-state index contributed by atoms with van der Waals surface area (Å²) in [5, 5.41) is 3.08. The largest absolute Gasteiger partial charge is 0.350 e. The topological polar surface area (TPSA) is 135 Å². The van der Waals surface area contributed by atoms with Crippen LogP contribution >= 0.6 is 0 Å². The maximum absolute atomic E-state index is 12.8. The number of nitrogens with zero attached hydrogens (tertiary/aromatic N) is 2. The second-order valence-corrected chi connectivity index (χ2v) is 7.63. The van der Waals surface area contributed by atoms with Crippen molar-refractivity contribution >= 4 is 28.6 Å². The van der Waals surface area contributed by atoms with E-state index in [-0.39, 0.29) is 35.7 Å². The third-order valence-corrected chi connectivity index (χ3v) is 5.23. The summed E-state index contributed by atoms with van der Waals surface area (Å²) in [7, 11) is 1.60. The fourth-order valence-electron chi connectivity index (χ4n) is 3.81. The fraction of sp³-hybridized carbons (Fsp3) is 0.450. The maximum atomic E-state index is 12.8.